The topological polar surface area (TPSA) is 103 Å². The zero-order valence-electron chi connectivity index (χ0n) is 16.9. The lowest BCUT2D eigenvalue weighted by Gasteiger charge is -2.11. The molecule has 0 atom stereocenters. The highest BCUT2D eigenvalue weighted by molar-refractivity contribution is 5.84. The minimum atomic E-state index is -0.514. The molecular formula is C23H21N3O5. The van der Waals surface area contributed by atoms with Crippen LogP contribution in [0.15, 0.2) is 77.9 Å². The summed E-state index contributed by atoms with van der Waals surface area (Å²) in [6.45, 7) is 0.379. The lowest BCUT2D eigenvalue weighted by atomic mass is 10.1. The molecule has 1 amide bonds. The molecule has 8 heteroatoms. The van der Waals surface area contributed by atoms with Crippen molar-refractivity contribution in [3.63, 3.8) is 0 Å². The third-order valence-electron chi connectivity index (χ3n) is 4.37. The molecule has 158 valence electrons. The molecule has 1 N–H and O–H groups in total. The maximum Gasteiger partial charge on any atom is 0.273 e. The molecule has 0 aliphatic rings. The first-order valence-corrected chi connectivity index (χ1v) is 9.46. The van der Waals surface area contributed by atoms with E-state index in [1.807, 2.05) is 30.3 Å². The second kappa shape index (κ2) is 10.5. The van der Waals surface area contributed by atoms with Crippen LogP contribution < -0.4 is 14.9 Å². The van der Waals surface area contributed by atoms with Gasteiger partial charge < -0.3 is 9.47 Å². The summed E-state index contributed by atoms with van der Waals surface area (Å²) in [4.78, 5) is 22.7. The number of nitro benzene ring substituents is 1. The molecule has 0 fully saturated rings. The zero-order valence-corrected chi connectivity index (χ0v) is 16.9. The number of nitro groups is 1. The third kappa shape index (κ3) is 6.14. The van der Waals surface area contributed by atoms with Crippen LogP contribution in [0.1, 0.15) is 16.7 Å². The largest absolute Gasteiger partial charge is 0.493 e. The second-order valence-electron chi connectivity index (χ2n) is 6.54. The number of para-hydroxylation sites is 1. The van der Waals surface area contributed by atoms with Gasteiger partial charge >= 0.3 is 0 Å². The summed E-state index contributed by atoms with van der Waals surface area (Å²) in [6.07, 6.45) is 1.31. The van der Waals surface area contributed by atoms with E-state index in [1.54, 1.807) is 43.5 Å². The van der Waals surface area contributed by atoms with E-state index in [2.05, 4.69) is 10.5 Å². The van der Waals surface area contributed by atoms with E-state index >= 15 is 0 Å². The van der Waals surface area contributed by atoms with Crippen molar-refractivity contribution in [1.82, 2.24) is 5.43 Å². The van der Waals surface area contributed by atoms with Gasteiger partial charge in [-0.25, -0.2) is 5.43 Å². The number of hydrazone groups is 1. The molecule has 3 rings (SSSR count). The Balaban J connectivity index is 1.62. The Morgan fingerprint density at radius 1 is 1.06 bits per heavy atom. The van der Waals surface area contributed by atoms with Crippen molar-refractivity contribution in [3.8, 4) is 11.5 Å². The summed E-state index contributed by atoms with van der Waals surface area (Å²) in [5.74, 6) is 0.662. The predicted molar refractivity (Wildman–Crippen MR) is 116 cm³/mol. The van der Waals surface area contributed by atoms with E-state index in [9.17, 15) is 14.9 Å². The van der Waals surface area contributed by atoms with Crippen LogP contribution >= 0.6 is 0 Å². The summed E-state index contributed by atoms with van der Waals surface area (Å²) in [5.41, 5.74) is 4.32. The average molecular weight is 419 g/mol. The van der Waals surface area contributed by atoms with Gasteiger partial charge in [-0.15, -0.1) is 0 Å². The van der Waals surface area contributed by atoms with Gasteiger partial charge in [-0.05, 0) is 29.3 Å². The van der Waals surface area contributed by atoms with Crippen molar-refractivity contribution < 1.29 is 19.2 Å². The van der Waals surface area contributed by atoms with Gasteiger partial charge in [0.25, 0.3) is 5.69 Å². The lowest BCUT2D eigenvalue weighted by molar-refractivity contribution is -0.385. The Hall–Kier alpha value is -4.20. The summed E-state index contributed by atoms with van der Waals surface area (Å²) < 4.78 is 11.2. The number of nitrogens with one attached hydrogen (secondary N) is 1. The number of carbonyl (C=O) groups excluding carboxylic acids is 1. The highest BCUT2D eigenvalue weighted by Crippen LogP contribution is 2.28. The molecule has 0 radical (unpaired) electrons. The third-order valence-corrected chi connectivity index (χ3v) is 4.37. The number of carbonyl (C=O) groups is 1. The van der Waals surface area contributed by atoms with Crippen molar-refractivity contribution in [2.45, 2.75) is 13.0 Å². The maximum atomic E-state index is 12.1. The number of hydrogen-bond acceptors (Lipinski definition) is 6. The number of methoxy groups -OCH3 is 1. The molecule has 8 nitrogen and oxygen atoms in total. The average Bonchev–Trinajstić information content (AvgIpc) is 2.78. The van der Waals surface area contributed by atoms with Gasteiger partial charge in [0.05, 0.1) is 24.7 Å². The summed E-state index contributed by atoms with van der Waals surface area (Å²) >= 11 is 0. The standard InChI is InChI=1S/C23H21N3O5/c1-30-21-12-11-18(13-22(21)31-16-17-7-3-2-4-8-17)15-24-25-23(27)14-19-9-5-6-10-20(19)26(28)29/h2-13,15H,14,16H2,1H3,(H,25,27)/b24-15+. The number of hydrogen-bond donors (Lipinski definition) is 1. The second-order valence-corrected chi connectivity index (χ2v) is 6.54. The molecule has 0 unspecified atom stereocenters. The normalized spacial score (nSPS) is 10.6. The van der Waals surface area contributed by atoms with Gasteiger partial charge in [-0.2, -0.15) is 5.10 Å². The first-order valence-electron chi connectivity index (χ1n) is 9.46. The Morgan fingerprint density at radius 2 is 1.81 bits per heavy atom. The molecule has 31 heavy (non-hydrogen) atoms. The fourth-order valence-corrected chi connectivity index (χ4v) is 2.85. The minimum Gasteiger partial charge on any atom is -0.493 e. The Morgan fingerprint density at radius 3 is 2.55 bits per heavy atom. The monoisotopic (exact) mass is 419 g/mol. The van der Waals surface area contributed by atoms with Crippen LogP contribution in [0.5, 0.6) is 11.5 Å². The van der Waals surface area contributed by atoms with Crippen molar-refractivity contribution in [2.75, 3.05) is 7.11 Å². The van der Waals surface area contributed by atoms with Gasteiger partial charge in [-0.1, -0.05) is 48.5 Å². The quantitative estimate of drug-likeness (QED) is 0.322. The molecular weight excluding hydrogens is 398 g/mol. The summed E-state index contributed by atoms with van der Waals surface area (Å²) in [7, 11) is 1.56. The van der Waals surface area contributed by atoms with E-state index in [-0.39, 0.29) is 12.1 Å². The first-order chi connectivity index (χ1) is 15.1. The van der Waals surface area contributed by atoms with Gasteiger partial charge in [0.15, 0.2) is 11.5 Å². The maximum absolute atomic E-state index is 12.1. The smallest absolute Gasteiger partial charge is 0.273 e. The number of benzene rings is 3. The van der Waals surface area contributed by atoms with Gasteiger partial charge in [-0.3, -0.25) is 14.9 Å². The summed E-state index contributed by atoms with van der Waals surface area (Å²) in [6, 6.07) is 21.1. The molecule has 0 saturated carbocycles. The number of ether oxygens (including phenoxy) is 2. The van der Waals surface area contributed by atoms with Gasteiger partial charge in [0.2, 0.25) is 5.91 Å². The lowest BCUT2D eigenvalue weighted by Crippen LogP contribution is -2.20. The molecule has 0 spiro atoms. The number of nitrogens with zero attached hydrogens (tertiary/aromatic N) is 2. The van der Waals surface area contributed by atoms with E-state index in [0.29, 0.717) is 29.2 Å². The summed E-state index contributed by atoms with van der Waals surface area (Å²) in [5, 5.41) is 15.0. The van der Waals surface area contributed by atoms with Crippen LogP contribution in [0.4, 0.5) is 5.69 Å². The zero-order chi connectivity index (χ0) is 22.1. The van der Waals surface area contributed by atoms with Crippen molar-refractivity contribution in [2.24, 2.45) is 5.10 Å². The molecule has 0 aromatic heterocycles. The fraction of sp³-hybridized carbons (Fsp3) is 0.130. The SMILES string of the molecule is COc1ccc(/C=N/NC(=O)Cc2ccccc2[N+](=O)[O-])cc1OCc1ccccc1. The van der Waals surface area contributed by atoms with E-state index in [1.165, 1.54) is 12.3 Å². The van der Waals surface area contributed by atoms with Crippen LogP contribution in [-0.2, 0) is 17.8 Å². The van der Waals surface area contributed by atoms with Crippen LogP contribution in [0.3, 0.4) is 0 Å². The molecule has 0 heterocycles. The molecule has 3 aromatic rings. The van der Waals surface area contributed by atoms with Crippen molar-refractivity contribution >= 4 is 17.8 Å². The van der Waals surface area contributed by atoms with Crippen LogP contribution in [-0.4, -0.2) is 24.2 Å². The Labute approximate surface area is 179 Å². The number of rotatable bonds is 9. The van der Waals surface area contributed by atoms with Crippen LogP contribution in [0, 0.1) is 10.1 Å². The van der Waals surface area contributed by atoms with Gasteiger partial charge in [0, 0.05) is 11.6 Å². The molecule has 3 aromatic carbocycles. The fourth-order valence-electron chi connectivity index (χ4n) is 2.85. The van der Waals surface area contributed by atoms with Crippen molar-refractivity contribution in [1.29, 1.82) is 0 Å². The van der Waals surface area contributed by atoms with Crippen molar-refractivity contribution in [3.05, 3.63) is 99.6 Å². The minimum absolute atomic E-state index is 0.100. The highest BCUT2D eigenvalue weighted by atomic mass is 16.6. The highest BCUT2D eigenvalue weighted by Gasteiger charge is 2.15. The number of amides is 1. The first kappa shape index (κ1) is 21.5. The van der Waals surface area contributed by atoms with E-state index in [4.69, 9.17) is 9.47 Å². The Kier molecular flexibility index (Phi) is 7.31. The molecule has 0 bridgehead atoms. The molecule has 0 saturated heterocycles. The predicted octanol–water partition coefficient (Wildman–Crippen LogP) is 3.88. The van der Waals surface area contributed by atoms with Crippen LogP contribution in [0.25, 0.3) is 0 Å². The Bertz CT molecular complexity index is 1080. The van der Waals surface area contributed by atoms with Crippen LogP contribution in [0.2, 0.25) is 0 Å². The van der Waals surface area contributed by atoms with Gasteiger partial charge in [0.1, 0.15) is 6.61 Å². The molecule has 0 aliphatic heterocycles. The van der Waals surface area contributed by atoms with E-state index in [0.717, 1.165) is 5.56 Å². The van der Waals surface area contributed by atoms with E-state index < -0.39 is 10.8 Å². The molecule has 0 aliphatic carbocycles.